The fourth-order valence-electron chi connectivity index (χ4n) is 1.81. The molecule has 112 valence electrons. The lowest BCUT2D eigenvalue weighted by Crippen LogP contribution is -2.07. The zero-order chi connectivity index (χ0) is 15.8. The molecular formula is C14H14F3N3O. The molecule has 0 radical (unpaired) electrons. The molecule has 0 fully saturated rings. The van der Waals surface area contributed by atoms with Crippen LogP contribution in [-0.2, 0) is 6.18 Å². The van der Waals surface area contributed by atoms with Crippen molar-refractivity contribution in [2.45, 2.75) is 26.9 Å². The van der Waals surface area contributed by atoms with Crippen LogP contribution in [0.2, 0.25) is 0 Å². The average molecular weight is 297 g/mol. The minimum atomic E-state index is -4.41. The van der Waals surface area contributed by atoms with E-state index in [1.807, 2.05) is 0 Å². The Hall–Kier alpha value is -2.31. The van der Waals surface area contributed by atoms with Crippen LogP contribution in [-0.4, -0.2) is 15.1 Å². The number of aromatic nitrogens is 2. The van der Waals surface area contributed by atoms with Crippen molar-refractivity contribution in [2.75, 3.05) is 5.32 Å². The van der Waals surface area contributed by atoms with Crippen molar-refractivity contribution in [3.63, 3.8) is 0 Å². The van der Waals surface area contributed by atoms with Gasteiger partial charge in [0.25, 0.3) is 0 Å². The predicted molar refractivity (Wildman–Crippen MR) is 72.6 cm³/mol. The summed E-state index contributed by atoms with van der Waals surface area (Å²) in [6.07, 6.45) is -3.65. The lowest BCUT2D eigenvalue weighted by atomic mass is 10.1. The minimum Gasteiger partial charge on any atom is -0.506 e. The number of alkyl halides is 3. The van der Waals surface area contributed by atoms with Crippen LogP contribution in [0.5, 0.6) is 5.75 Å². The van der Waals surface area contributed by atoms with Crippen LogP contribution < -0.4 is 5.32 Å². The van der Waals surface area contributed by atoms with Gasteiger partial charge in [-0.1, -0.05) is 0 Å². The Morgan fingerprint density at radius 2 is 1.76 bits per heavy atom. The maximum atomic E-state index is 12.5. The molecule has 0 aliphatic rings. The Morgan fingerprint density at radius 1 is 1.10 bits per heavy atom. The van der Waals surface area contributed by atoms with Gasteiger partial charge in [0.15, 0.2) is 0 Å². The second-order valence-electron chi connectivity index (χ2n) is 4.70. The van der Waals surface area contributed by atoms with Crippen molar-refractivity contribution in [3.8, 4) is 5.75 Å². The molecule has 2 aromatic heterocycles. The molecule has 0 aliphatic carbocycles. The standard InChI is InChI=1S/C14H14F3N3O/c1-7-8(2)13(19-9(3)12(7)21)20-11-5-4-10(6-18-11)14(15,16)17/h4-6,21H,1-3H3,(H,18,19,20). The molecule has 2 heterocycles. The van der Waals surface area contributed by atoms with Crippen molar-refractivity contribution >= 4 is 11.6 Å². The number of hydrogen-bond donors (Lipinski definition) is 2. The molecule has 0 bridgehead atoms. The maximum absolute atomic E-state index is 12.5. The summed E-state index contributed by atoms with van der Waals surface area (Å²) in [5.41, 5.74) is 1.00. The molecule has 7 heteroatoms. The summed E-state index contributed by atoms with van der Waals surface area (Å²) in [5.74, 6) is 0.816. The van der Waals surface area contributed by atoms with E-state index in [9.17, 15) is 18.3 Å². The van der Waals surface area contributed by atoms with E-state index in [1.54, 1.807) is 20.8 Å². The van der Waals surface area contributed by atoms with Gasteiger partial charge in [0.05, 0.1) is 11.3 Å². The van der Waals surface area contributed by atoms with Crippen molar-refractivity contribution in [1.29, 1.82) is 0 Å². The molecule has 0 spiro atoms. The summed E-state index contributed by atoms with van der Waals surface area (Å²) in [5, 5.41) is 12.6. The van der Waals surface area contributed by atoms with Gasteiger partial charge < -0.3 is 10.4 Å². The summed E-state index contributed by atoms with van der Waals surface area (Å²) in [6, 6.07) is 2.19. The zero-order valence-electron chi connectivity index (χ0n) is 11.7. The van der Waals surface area contributed by atoms with E-state index in [2.05, 4.69) is 15.3 Å². The van der Waals surface area contributed by atoms with Gasteiger partial charge in [-0.05, 0) is 44.0 Å². The maximum Gasteiger partial charge on any atom is 0.417 e. The summed E-state index contributed by atoms with van der Waals surface area (Å²) in [6.45, 7) is 5.14. The lowest BCUT2D eigenvalue weighted by Gasteiger charge is -2.13. The molecule has 2 aromatic rings. The summed E-state index contributed by atoms with van der Waals surface area (Å²) < 4.78 is 37.4. The monoisotopic (exact) mass is 297 g/mol. The molecular weight excluding hydrogens is 283 g/mol. The van der Waals surface area contributed by atoms with Crippen molar-refractivity contribution in [1.82, 2.24) is 9.97 Å². The minimum absolute atomic E-state index is 0.110. The second kappa shape index (κ2) is 5.23. The third-order valence-electron chi connectivity index (χ3n) is 3.23. The summed E-state index contributed by atoms with van der Waals surface area (Å²) >= 11 is 0. The van der Waals surface area contributed by atoms with E-state index < -0.39 is 11.7 Å². The second-order valence-corrected chi connectivity index (χ2v) is 4.70. The van der Waals surface area contributed by atoms with E-state index in [1.165, 1.54) is 6.07 Å². The largest absolute Gasteiger partial charge is 0.506 e. The van der Waals surface area contributed by atoms with Gasteiger partial charge in [0.2, 0.25) is 0 Å². The Labute approximate surface area is 119 Å². The van der Waals surface area contributed by atoms with Crippen molar-refractivity contribution in [3.05, 3.63) is 40.7 Å². The first-order valence-electron chi connectivity index (χ1n) is 6.17. The van der Waals surface area contributed by atoms with Crippen LogP contribution in [0.1, 0.15) is 22.4 Å². The highest BCUT2D eigenvalue weighted by atomic mass is 19.4. The first-order valence-corrected chi connectivity index (χ1v) is 6.17. The van der Waals surface area contributed by atoms with Crippen LogP contribution >= 0.6 is 0 Å². The van der Waals surface area contributed by atoms with Gasteiger partial charge in [-0.2, -0.15) is 13.2 Å². The molecule has 0 saturated carbocycles. The van der Waals surface area contributed by atoms with Crippen LogP contribution in [0.4, 0.5) is 24.8 Å². The number of rotatable bonds is 2. The van der Waals surface area contributed by atoms with Crippen molar-refractivity contribution < 1.29 is 18.3 Å². The predicted octanol–water partition coefficient (Wildman–Crippen LogP) is 3.87. The van der Waals surface area contributed by atoms with Crippen LogP contribution in [0.15, 0.2) is 18.3 Å². The number of hydrogen-bond acceptors (Lipinski definition) is 4. The SMILES string of the molecule is Cc1nc(Nc2ccc(C(F)(F)F)cn2)c(C)c(C)c1O. The lowest BCUT2D eigenvalue weighted by molar-refractivity contribution is -0.137. The molecule has 0 atom stereocenters. The Kier molecular flexibility index (Phi) is 3.76. The normalized spacial score (nSPS) is 11.5. The number of nitrogens with zero attached hydrogens (tertiary/aromatic N) is 2. The van der Waals surface area contributed by atoms with Gasteiger partial charge in [-0.3, -0.25) is 0 Å². The molecule has 0 aliphatic heterocycles. The van der Waals surface area contributed by atoms with E-state index >= 15 is 0 Å². The van der Waals surface area contributed by atoms with Gasteiger partial charge in [-0.25, -0.2) is 9.97 Å². The van der Waals surface area contributed by atoms with Gasteiger partial charge in [-0.15, -0.1) is 0 Å². The molecule has 0 saturated heterocycles. The van der Waals surface area contributed by atoms with Crippen LogP contribution in [0.25, 0.3) is 0 Å². The number of halogens is 3. The highest BCUT2D eigenvalue weighted by molar-refractivity contribution is 5.60. The molecule has 2 rings (SSSR count). The van der Waals surface area contributed by atoms with E-state index in [0.717, 1.165) is 12.3 Å². The molecule has 21 heavy (non-hydrogen) atoms. The third kappa shape index (κ3) is 3.07. The van der Waals surface area contributed by atoms with Gasteiger partial charge >= 0.3 is 6.18 Å². The molecule has 2 N–H and O–H groups in total. The molecule has 0 amide bonds. The molecule has 0 aromatic carbocycles. The summed E-state index contributed by atoms with van der Waals surface area (Å²) in [7, 11) is 0. The van der Waals surface area contributed by atoms with Gasteiger partial charge in [0, 0.05) is 6.20 Å². The van der Waals surface area contributed by atoms with E-state index in [-0.39, 0.29) is 11.6 Å². The molecule has 4 nitrogen and oxygen atoms in total. The third-order valence-corrected chi connectivity index (χ3v) is 3.23. The number of pyridine rings is 2. The Morgan fingerprint density at radius 3 is 2.29 bits per heavy atom. The number of nitrogens with one attached hydrogen (secondary N) is 1. The Balaban J connectivity index is 2.31. The smallest absolute Gasteiger partial charge is 0.417 e. The first kappa shape index (κ1) is 15.1. The molecule has 0 unspecified atom stereocenters. The topological polar surface area (TPSA) is 58.0 Å². The first-order chi connectivity index (χ1) is 9.70. The van der Waals surface area contributed by atoms with Crippen LogP contribution in [0.3, 0.4) is 0 Å². The fourth-order valence-corrected chi connectivity index (χ4v) is 1.81. The zero-order valence-corrected chi connectivity index (χ0v) is 11.7. The number of aryl methyl sites for hydroxylation is 1. The quantitative estimate of drug-likeness (QED) is 0.883. The highest BCUT2D eigenvalue weighted by Crippen LogP contribution is 2.31. The fraction of sp³-hybridized carbons (Fsp3) is 0.286. The number of anilines is 2. The number of aromatic hydroxyl groups is 1. The highest BCUT2D eigenvalue weighted by Gasteiger charge is 2.30. The van der Waals surface area contributed by atoms with E-state index in [4.69, 9.17) is 0 Å². The summed E-state index contributed by atoms with van der Waals surface area (Å²) in [4.78, 5) is 7.91. The average Bonchev–Trinajstić information content (AvgIpc) is 2.42. The Bertz CT molecular complexity index is 667. The van der Waals surface area contributed by atoms with Crippen LogP contribution in [0, 0.1) is 20.8 Å². The van der Waals surface area contributed by atoms with Crippen molar-refractivity contribution in [2.24, 2.45) is 0 Å². The van der Waals surface area contributed by atoms with E-state index in [0.29, 0.717) is 22.6 Å². The van der Waals surface area contributed by atoms with Gasteiger partial charge in [0.1, 0.15) is 17.4 Å².